The molecular formula is C7H11NO3. The quantitative estimate of drug-likeness (QED) is 0.439. The van der Waals surface area contributed by atoms with Gasteiger partial charge in [0, 0.05) is 11.8 Å². The summed E-state index contributed by atoms with van der Waals surface area (Å²) in [6.07, 6.45) is 0.374. The molecule has 1 rings (SSSR count). The molecule has 62 valence electrons. The first-order valence-corrected chi connectivity index (χ1v) is 3.44. The van der Waals surface area contributed by atoms with Crippen molar-refractivity contribution in [2.24, 2.45) is 16.5 Å². The van der Waals surface area contributed by atoms with Crippen LogP contribution in [0.4, 0.5) is 0 Å². The largest absolute Gasteiger partial charge is 0.481 e. The fourth-order valence-corrected chi connectivity index (χ4v) is 1.35. The van der Waals surface area contributed by atoms with E-state index in [1.807, 2.05) is 0 Å². The van der Waals surface area contributed by atoms with Gasteiger partial charge in [-0.15, -0.1) is 0 Å². The molecule has 11 heavy (non-hydrogen) atoms. The highest BCUT2D eigenvalue weighted by Gasteiger charge is 2.49. The number of nitrogens with zero attached hydrogens (tertiary/aromatic N) is 1. The van der Waals surface area contributed by atoms with Crippen LogP contribution >= 0.6 is 0 Å². The molecule has 1 unspecified atom stereocenters. The molecule has 1 fully saturated rings. The lowest BCUT2D eigenvalue weighted by Gasteiger charge is -2.41. The molecule has 0 aromatic carbocycles. The van der Waals surface area contributed by atoms with E-state index in [2.05, 4.69) is 5.16 Å². The lowest BCUT2D eigenvalue weighted by atomic mass is 9.61. The van der Waals surface area contributed by atoms with E-state index in [1.54, 1.807) is 13.8 Å². The summed E-state index contributed by atoms with van der Waals surface area (Å²) in [5.74, 6) is -1.21. The van der Waals surface area contributed by atoms with E-state index in [4.69, 9.17) is 10.3 Å². The molecule has 0 aliphatic heterocycles. The summed E-state index contributed by atoms with van der Waals surface area (Å²) in [6.45, 7) is 3.54. The topological polar surface area (TPSA) is 69.9 Å². The molecule has 4 nitrogen and oxygen atoms in total. The fourth-order valence-electron chi connectivity index (χ4n) is 1.35. The van der Waals surface area contributed by atoms with Crippen molar-refractivity contribution in [1.29, 1.82) is 0 Å². The molecule has 1 saturated carbocycles. The Labute approximate surface area is 64.5 Å². The van der Waals surface area contributed by atoms with Crippen molar-refractivity contribution in [3.05, 3.63) is 0 Å². The second kappa shape index (κ2) is 2.22. The van der Waals surface area contributed by atoms with Crippen molar-refractivity contribution >= 4 is 11.7 Å². The first kappa shape index (κ1) is 8.04. The Kier molecular flexibility index (Phi) is 1.62. The summed E-state index contributed by atoms with van der Waals surface area (Å²) in [4.78, 5) is 10.5. The van der Waals surface area contributed by atoms with E-state index in [9.17, 15) is 4.79 Å². The Morgan fingerprint density at radius 2 is 2.27 bits per heavy atom. The Hall–Kier alpha value is -1.06. The van der Waals surface area contributed by atoms with Crippen LogP contribution in [0.5, 0.6) is 0 Å². The van der Waals surface area contributed by atoms with Gasteiger partial charge in [-0.05, 0) is 0 Å². The molecule has 0 spiro atoms. The normalized spacial score (nSPS) is 31.5. The van der Waals surface area contributed by atoms with Gasteiger partial charge in [-0.1, -0.05) is 19.0 Å². The summed E-state index contributed by atoms with van der Waals surface area (Å²) >= 11 is 0. The molecule has 0 amide bonds. The Morgan fingerprint density at radius 1 is 1.73 bits per heavy atom. The predicted molar refractivity (Wildman–Crippen MR) is 38.7 cm³/mol. The number of carboxylic acid groups (broad SMARTS) is 1. The SMILES string of the molecule is CC1(C)C(=NO)CC1C(=O)O. The van der Waals surface area contributed by atoms with Gasteiger partial charge in [0.1, 0.15) is 0 Å². The summed E-state index contributed by atoms with van der Waals surface area (Å²) in [6, 6.07) is 0. The monoisotopic (exact) mass is 157 g/mol. The molecule has 2 N–H and O–H groups in total. The van der Waals surface area contributed by atoms with Crippen molar-refractivity contribution in [1.82, 2.24) is 0 Å². The van der Waals surface area contributed by atoms with Crippen molar-refractivity contribution in [3.63, 3.8) is 0 Å². The molecule has 0 radical (unpaired) electrons. The van der Waals surface area contributed by atoms with E-state index in [-0.39, 0.29) is 0 Å². The first-order valence-electron chi connectivity index (χ1n) is 3.44. The Balaban J connectivity index is 2.77. The number of rotatable bonds is 1. The molecule has 0 aromatic heterocycles. The number of carboxylic acids is 1. The minimum absolute atomic E-state index is 0.374. The van der Waals surface area contributed by atoms with Crippen molar-refractivity contribution in [3.8, 4) is 0 Å². The highest BCUT2D eigenvalue weighted by molar-refractivity contribution is 6.02. The third-order valence-corrected chi connectivity index (χ3v) is 2.43. The minimum Gasteiger partial charge on any atom is -0.481 e. The van der Waals surface area contributed by atoms with E-state index >= 15 is 0 Å². The molecule has 4 heteroatoms. The van der Waals surface area contributed by atoms with Gasteiger partial charge in [-0.2, -0.15) is 0 Å². The van der Waals surface area contributed by atoms with Crippen molar-refractivity contribution in [2.75, 3.05) is 0 Å². The molecule has 0 bridgehead atoms. The van der Waals surface area contributed by atoms with Crippen molar-refractivity contribution < 1.29 is 15.1 Å². The van der Waals surface area contributed by atoms with E-state index in [1.165, 1.54) is 0 Å². The number of aliphatic carboxylic acids is 1. The predicted octanol–water partition coefficient (Wildman–Crippen LogP) is 0.947. The number of oxime groups is 1. The van der Waals surface area contributed by atoms with E-state index in [0.717, 1.165) is 0 Å². The van der Waals surface area contributed by atoms with Crippen molar-refractivity contribution in [2.45, 2.75) is 20.3 Å². The number of hydrogen-bond donors (Lipinski definition) is 2. The lowest BCUT2D eigenvalue weighted by molar-refractivity contribution is -0.145. The summed E-state index contributed by atoms with van der Waals surface area (Å²) in [5.41, 5.74) is 0.102. The minimum atomic E-state index is -0.817. The third kappa shape index (κ3) is 0.982. The van der Waals surface area contributed by atoms with Gasteiger partial charge >= 0.3 is 5.97 Å². The second-order valence-corrected chi connectivity index (χ2v) is 3.36. The van der Waals surface area contributed by atoms with Crippen LogP contribution in [0.1, 0.15) is 20.3 Å². The summed E-state index contributed by atoms with van der Waals surface area (Å²) < 4.78 is 0. The van der Waals surface area contributed by atoms with Gasteiger partial charge in [-0.3, -0.25) is 4.79 Å². The van der Waals surface area contributed by atoms with Crippen LogP contribution in [0.3, 0.4) is 0 Å². The molecule has 0 aromatic rings. The second-order valence-electron chi connectivity index (χ2n) is 3.36. The number of hydrogen-bond acceptors (Lipinski definition) is 3. The van der Waals surface area contributed by atoms with Gasteiger partial charge in [0.15, 0.2) is 0 Å². The lowest BCUT2D eigenvalue weighted by Crippen LogP contribution is -2.49. The first-order chi connectivity index (χ1) is 5.00. The molecular weight excluding hydrogens is 146 g/mol. The maximum Gasteiger partial charge on any atom is 0.307 e. The maximum atomic E-state index is 10.5. The zero-order chi connectivity index (χ0) is 8.65. The summed E-state index contributed by atoms with van der Waals surface area (Å²) in [5, 5.41) is 20.1. The van der Waals surface area contributed by atoms with Crippen LogP contribution in [0.25, 0.3) is 0 Å². The third-order valence-electron chi connectivity index (χ3n) is 2.43. The van der Waals surface area contributed by atoms with Crippen LogP contribution in [0.15, 0.2) is 5.16 Å². The molecule has 1 aliphatic rings. The highest BCUT2D eigenvalue weighted by atomic mass is 16.4. The van der Waals surface area contributed by atoms with Gasteiger partial charge in [0.25, 0.3) is 0 Å². The average molecular weight is 157 g/mol. The Morgan fingerprint density at radius 3 is 2.55 bits per heavy atom. The highest BCUT2D eigenvalue weighted by Crippen LogP contribution is 2.43. The maximum absolute atomic E-state index is 10.5. The van der Waals surface area contributed by atoms with E-state index < -0.39 is 17.3 Å². The van der Waals surface area contributed by atoms with Gasteiger partial charge < -0.3 is 10.3 Å². The molecule has 0 heterocycles. The van der Waals surface area contributed by atoms with Gasteiger partial charge in [0.05, 0.1) is 11.6 Å². The number of carbonyl (C=O) groups is 1. The fraction of sp³-hybridized carbons (Fsp3) is 0.714. The van der Waals surface area contributed by atoms with Crippen LogP contribution in [-0.2, 0) is 4.79 Å². The standard InChI is InChI=1S/C7H11NO3/c1-7(2)4(6(9)10)3-5(7)8-11/h4,11H,3H2,1-2H3,(H,9,10). The van der Waals surface area contributed by atoms with Crippen LogP contribution in [0.2, 0.25) is 0 Å². The van der Waals surface area contributed by atoms with Crippen LogP contribution in [-0.4, -0.2) is 22.0 Å². The van der Waals surface area contributed by atoms with Crippen LogP contribution < -0.4 is 0 Å². The smallest absolute Gasteiger partial charge is 0.307 e. The average Bonchev–Trinajstić information content (AvgIpc) is 1.85. The molecule has 1 atom stereocenters. The Bertz CT molecular complexity index is 220. The van der Waals surface area contributed by atoms with Crippen LogP contribution in [0, 0.1) is 11.3 Å². The van der Waals surface area contributed by atoms with E-state index in [0.29, 0.717) is 12.1 Å². The van der Waals surface area contributed by atoms with Gasteiger partial charge in [0.2, 0.25) is 0 Å². The zero-order valence-electron chi connectivity index (χ0n) is 6.53. The summed E-state index contributed by atoms with van der Waals surface area (Å²) in [7, 11) is 0. The molecule has 0 saturated heterocycles. The molecule has 1 aliphatic carbocycles. The van der Waals surface area contributed by atoms with Gasteiger partial charge in [-0.25, -0.2) is 0 Å². The zero-order valence-corrected chi connectivity index (χ0v) is 6.53.